The van der Waals surface area contributed by atoms with Gasteiger partial charge < -0.3 is 68.9 Å². The Morgan fingerprint density at radius 1 is 0.500 bits per heavy atom. The molecular weight excluding hydrogens is 925 g/mol. The Kier molecular flexibility index (Phi) is 32.0. The summed E-state index contributed by atoms with van der Waals surface area (Å²) < 4.78 is 119. The van der Waals surface area contributed by atoms with E-state index in [0.29, 0.717) is 17.4 Å². The molecule has 0 fully saturated rings. The van der Waals surface area contributed by atoms with Crippen molar-refractivity contribution in [2.45, 2.75) is 120 Å². The zero-order valence-electron chi connectivity index (χ0n) is 38.5. The molecule has 0 aromatic heterocycles. The molecular formula is C38H84N4O18S3Si-. The van der Waals surface area contributed by atoms with Gasteiger partial charge in [0.1, 0.15) is 0 Å². The quantitative estimate of drug-likeness (QED) is 0.0148. The van der Waals surface area contributed by atoms with Crippen molar-refractivity contribution in [1.29, 1.82) is 0 Å². The lowest BCUT2D eigenvalue weighted by atomic mass is 10.0. The minimum Gasteiger partial charge on any atom is -0.748 e. The van der Waals surface area contributed by atoms with Gasteiger partial charge in [-0.1, -0.05) is 71.3 Å². The summed E-state index contributed by atoms with van der Waals surface area (Å²) in [5.41, 5.74) is -5.39. The molecule has 11 N–H and O–H groups in total. The van der Waals surface area contributed by atoms with Crippen molar-refractivity contribution in [3.05, 3.63) is 0 Å². The van der Waals surface area contributed by atoms with Gasteiger partial charge in [0.15, 0.2) is 0 Å². The van der Waals surface area contributed by atoms with Gasteiger partial charge in [0.2, 0.25) is 0 Å². The van der Waals surface area contributed by atoms with E-state index < -0.39 is 152 Å². The Hall–Kier alpha value is -0.573. The molecule has 0 heterocycles. The first-order valence-corrected chi connectivity index (χ1v) is 29.2. The lowest BCUT2D eigenvalue weighted by molar-refractivity contribution is -0.910. The monoisotopic (exact) mass is 1010 g/mol. The normalized spacial score (nSPS) is 13.9. The fourth-order valence-electron chi connectivity index (χ4n) is 6.89. The molecule has 26 heteroatoms. The van der Waals surface area contributed by atoms with Gasteiger partial charge in [-0.25, -0.2) is 8.42 Å². The molecule has 64 heavy (non-hydrogen) atoms. The summed E-state index contributed by atoms with van der Waals surface area (Å²) in [6.07, 6.45) is 13.4. The van der Waals surface area contributed by atoms with E-state index in [1.807, 2.05) is 0 Å². The van der Waals surface area contributed by atoms with Gasteiger partial charge in [0.05, 0.1) is 110 Å². The highest BCUT2D eigenvalue weighted by Gasteiger charge is 2.40. The van der Waals surface area contributed by atoms with Crippen molar-refractivity contribution < 1.29 is 87.3 Å². The fraction of sp³-hybridized carbons (Fsp3) is 1.00. The van der Waals surface area contributed by atoms with Crippen molar-refractivity contribution in [2.24, 2.45) is 0 Å². The van der Waals surface area contributed by atoms with Crippen molar-refractivity contribution in [3.63, 3.8) is 0 Å². The van der Waals surface area contributed by atoms with E-state index in [1.165, 1.54) is 0 Å². The van der Waals surface area contributed by atoms with E-state index in [2.05, 4.69) is 36.8 Å². The van der Waals surface area contributed by atoms with Crippen LogP contribution in [0.5, 0.6) is 0 Å². The molecule has 0 aromatic carbocycles. The first-order chi connectivity index (χ1) is 29.9. The number of aliphatic hydroxyl groups excluding tert-OH is 6. The molecule has 0 aliphatic rings. The Morgan fingerprint density at radius 2 is 0.797 bits per heavy atom. The Labute approximate surface area is 384 Å². The van der Waals surface area contributed by atoms with E-state index in [1.54, 1.807) is 0 Å². The molecule has 0 saturated carbocycles. The summed E-state index contributed by atoms with van der Waals surface area (Å²) in [6, 6.07) is -0.0500. The third-order valence-corrected chi connectivity index (χ3v) is 16.2. The fourth-order valence-corrected chi connectivity index (χ4v) is 10.7. The molecule has 0 amide bonds. The first-order valence-electron chi connectivity index (χ1n) is 22.4. The number of rotatable bonds is 45. The highest BCUT2D eigenvalue weighted by Crippen LogP contribution is 2.26. The predicted octanol–water partition coefficient (Wildman–Crippen LogP) is -1.21. The van der Waals surface area contributed by atoms with Crippen LogP contribution in [-0.4, -0.2) is 222 Å². The topological polar surface area (TPSA) is 351 Å². The molecule has 387 valence electrons. The molecule has 0 aliphatic heterocycles. The Balaban J connectivity index is 7.26. The molecule has 0 aliphatic carbocycles. The molecule has 0 rings (SSSR count). The predicted molar refractivity (Wildman–Crippen MR) is 243 cm³/mol. The van der Waals surface area contributed by atoms with E-state index in [4.69, 9.17) is 13.3 Å². The SMILES string of the molecule is CCCCCCCC[N+](C)(CCCCCCCC)CCC[Si-](OCC(CO)(CO)NCCS(=O)(=O)[O-])(OCC(CO)(CO)NCCS(=O)(=O)O)OCC(CO)(CO)NCCS(=O)(=O)O. The van der Waals surface area contributed by atoms with Crippen molar-refractivity contribution in [1.82, 2.24) is 16.0 Å². The van der Waals surface area contributed by atoms with Crippen LogP contribution >= 0.6 is 0 Å². The van der Waals surface area contributed by atoms with Crippen LogP contribution in [0, 0.1) is 0 Å². The van der Waals surface area contributed by atoms with Crippen LogP contribution in [0.2, 0.25) is 6.04 Å². The summed E-state index contributed by atoms with van der Waals surface area (Å²) in [4.78, 5) is 0. The molecule has 22 nitrogen and oxygen atoms in total. The number of nitrogens with zero attached hydrogens (tertiary/aromatic N) is 1. The molecule has 0 unspecified atom stereocenters. The van der Waals surface area contributed by atoms with E-state index >= 15 is 0 Å². The smallest absolute Gasteiger partial charge is 0.281 e. The van der Waals surface area contributed by atoms with Gasteiger partial charge in [0, 0.05) is 39.5 Å². The van der Waals surface area contributed by atoms with Crippen LogP contribution in [0.1, 0.15) is 97.3 Å². The van der Waals surface area contributed by atoms with Crippen LogP contribution in [0.3, 0.4) is 0 Å². The number of quaternary nitrogens is 1. The summed E-state index contributed by atoms with van der Waals surface area (Å²) in [5.74, 6) is -2.51. The maximum Gasteiger partial charge on any atom is 0.281 e. The molecule has 0 saturated heterocycles. The molecule has 0 aromatic rings. The summed E-state index contributed by atoms with van der Waals surface area (Å²) in [7, 11) is -16.0. The van der Waals surface area contributed by atoms with Crippen molar-refractivity contribution >= 4 is 39.2 Å². The van der Waals surface area contributed by atoms with Crippen LogP contribution in [0.4, 0.5) is 0 Å². The van der Waals surface area contributed by atoms with Crippen LogP contribution in [-0.2, 0) is 43.6 Å². The van der Waals surface area contributed by atoms with Gasteiger partial charge in [-0.15, -0.1) is 0 Å². The average molecular weight is 1010 g/mol. The van der Waals surface area contributed by atoms with Gasteiger partial charge in [0.25, 0.3) is 29.0 Å². The molecule has 0 bridgehead atoms. The summed E-state index contributed by atoms with van der Waals surface area (Å²) in [6.45, 7) is -1.87. The van der Waals surface area contributed by atoms with Crippen molar-refractivity contribution in [2.75, 3.05) is 123 Å². The van der Waals surface area contributed by atoms with E-state index in [9.17, 15) is 69.6 Å². The number of unbranched alkanes of at least 4 members (excludes halogenated alkanes) is 10. The lowest BCUT2D eigenvalue weighted by Gasteiger charge is -2.50. The third-order valence-electron chi connectivity index (χ3n) is 11.4. The minimum absolute atomic E-state index is 0.0500. The third kappa shape index (κ3) is 28.7. The second kappa shape index (κ2) is 32.3. The Morgan fingerprint density at radius 3 is 1.09 bits per heavy atom. The van der Waals surface area contributed by atoms with Gasteiger partial charge >= 0.3 is 0 Å². The summed E-state index contributed by atoms with van der Waals surface area (Å²) in [5, 5.41) is 71.0. The first kappa shape index (κ1) is 63.4. The highest BCUT2D eigenvalue weighted by atomic mass is 32.2. The average Bonchev–Trinajstić information content (AvgIpc) is 3.23. The second-order valence-corrected chi connectivity index (χ2v) is 24.8. The highest BCUT2D eigenvalue weighted by molar-refractivity contribution is 7.86. The lowest BCUT2D eigenvalue weighted by Crippen LogP contribution is -2.64. The number of aliphatic hydroxyl groups is 6. The number of nitrogens with one attached hydrogen (secondary N) is 3. The van der Waals surface area contributed by atoms with Crippen LogP contribution < -0.4 is 16.0 Å². The number of hydrogen-bond acceptors (Lipinski definition) is 19. The van der Waals surface area contributed by atoms with Crippen molar-refractivity contribution in [3.8, 4) is 0 Å². The van der Waals surface area contributed by atoms with Crippen LogP contribution in [0.25, 0.3) is 0 Å². The molecule has 0 radical (unpaired) electrons. The van der Waals surface area contributed by atoms with Gasteiger partial charge in [-0.05, 0) is 32.1 Å². The van der Waals surface area contributed by atoms with E-state index in [0.717, 1.165) is 90.1 Å². The maximum absolute atomic E-state index is 11.5. The standard InChI is InChI=1S/C38H84N4O18S3Si/c1-4-6-8-10-12-14-20-42(3,21-15-13-11-9-7-5-2)22-16-26-64(58-33-36(27-43,28-44)39-17-23-61(49,50)51,59-34-37(29-45,30-46)40-18-24-62(52,53)54)60-35-38(31-47,32-48)41-19-25-63(55,56)57/h39-41,43-48H,4-35H2,1-3H3,(H2-,49,50,51,52,53,54,55,56,57)/q-1. The number of hydrogen-bond donors (Lipinski definition) is 11. The minimum atomic E-state index is -4.73. The summed E-state index contributed by atoms with van der Waals surface area (Å²) >= 11 is 0. The van der Waals surface area contributed by atoms with Crippen LogP contribution in [0.15, 0.2) is 0 Å². The second-order valence-electron chi connectivity index (χ2n) is 17.4. The van der Waals surface area contributed by atoms with Gasteiger partial charge in [-0.3, -0.25) is 9.11 Å². The Bertz CT molecular complexity index is 1380. The van der Waals surface area contributed by atoms with E-state index in [-0.39, 0.29) is 6.04 Å². The maximum atomic E-state index is 11.5. The zero-order chi connectivity index (χ0) is 48.9. The zero-order valence-corrected chi connectivity index (χ0v) is 41.9. The molecule has 0 atom stereocenters. The molecule has 0 spiro atoms. The van der Waals surface area contributed by atoms with Gasteiger partial charge in [-0.2, -0.15) is 16.8 Å². The largest absolute Gasteiger partial charge is 0.748 e.